The molecule has 8 nitrogen and oxygen atoms in total. The van der Waals surface area contributed by atoms with E-state index in [1.165, 1.54) is 6.33 Å². The Balaban J connectivity index is 1.76. The molecule has 1 saturated heterocycles. The van der Waals surface area contributed by atoms with E-state index in [1.807, 2.05) is 6.92 Å². The van der Waals surface area contributed by atoms with Gasteiger partial charge in [-0.05, 0) is 26.0 Å². The molecule has 4 N–H and O–H groups in total. The molecule has 0 unspecified atom stereocenters. The van der Waals surface area contributed by atoms with Gasteiger partial charge >= 0.3 is 0 Å². The van der Waals surface area contributed by atoms with E-state index in [0.717, 1.165) is 17.7 Å². The highest BCUT2D eigenvalue weighted by atomic mass is 32.2. The van der Waals surface area contributed by atoms with Crippen molar-refractivity contribution in [3.8, 4) is 0 Å². The Hall–Kier alpha value is -1.68. The molecule has 136 valence electrons. The van der Waals surface area contributed by atoms with Gasteiger partial charge in [0.25, 0.3) is 0 Å². The van der Waals surface area contributed by atoms with Crippen LogP contribution in [-0.4, -0.2) is 59.5 Å². The monoisotopic (exact) mass is 365 g/mol. The van der Waals surface area contributed by atoms with Crippen molar-refractivity contribution < 1.29 is 14.9 Å². The van der Waals surface area contributed by atoms with Crippen LogP contribution in [0.5, 0.6) is 0 Å². The predicted molar refractivity (Wildman–Crippen MR) is 97.2 cm³/mol. The van der Waals surface area contributed by atoms with Crippen LogP contribution in [0.1, 0.15) is 25.4 Å². The summed E-state index contributed by atoms with van der Waals surface area (Å²) in [6.45, 7) is 7.59. The van der Waals surface area contributed by atoms with E-state index in [9.17, 15) is 10.2 Å². The Labute approximate surface area is 150 Å². The van der Waals surface area contributed by atoms with E-state index in [2.05, 4.69) is 21.5 Å². The molecular formula is C16H23N5O3S. The van der Waals surface area contributed by atoms with E-state index < -0.39 is 24.5 Å². The Kier molecular flexibility index (Phi) is 5.28. The summed E-state index contributed by atoms with van der Waals surface area (Å²) in [7, 11) is 0. The first-order valence-corrected chi connectivity index (χ1v) is 9.24. The van der Waals surface area contributed by atoms with Crippen LogP contribution >= 0.6 is 11.8 Å². The molecule has 2 aromatic rings. The first-order valence-electron chi connectivity index (χ1n) is 8.09. The van der Waals surface area contributed by atoms with Crippen LogP contribution in [-0.2, 0) is 4.74 Å². The van der Waals surface area contributed by atoms with Gasteiger partial charge in [-0.1, -0.05) is 5.57 Å². The molecule has 1 aliphatic heterocycles. The highest BCUT2D eigenvalue weighted by molar-refractivity contribution is 7.99. The maximum absolute atomic E-state index is 10.4. The smallest absolute Gasteiger partial charge is 0.167 e. The van der Waals surface area contributed by atoms with Crippen LogP contribution in [0, 0.1) is 6.92 Å². The second-order valence-electron chi connectivity index (χ2n) is 6.31. The van der Waals surface area contributed by atoms with Gasteiger partial charge in [0.1, 0.15) is 23.5 Å². The van der Waals surface area contributed by atoms with E-state index >= 15 is 0 Å². The highest BCUT2D eigenvalue weighted by Gasteiger charge is 2.44. The average molecular weight is 365 g/mol. The molecule has 3 heterocycles. The Morgan fingerprint density at radius 2 is 2.16 bits per heavy atom. The molecule has 0 aromatic carbocycles. The fourth-order valence-corrected chi connectivity index (χ4v) is 3.95. The summed E-state index contributed by atoms with van der Waals surface area (Å²) in [4.78, 5) is 12.6. The van der Waals surface area contributed by atoms with Gasteiger partial charge in [0, 0.05) is 5.75 Å². The minimum Gasteiger partial charge on any atom is -0.387 e. The Bertz CT molecular complexity index is 780. The third-order valence-corrected chi connectivity index (χ3v) is 5.18. The summed E-state index contributed by atoms with van der Waals surface area (Å²) in [6, 6.07) is 0. The van der Waals surface area contributed by atoms with Gasteiger partial charge in [0.05, 0.1) is 12.4 Å². The lowest BCUT2D eigenvalue weighted by Gasteiger charge is -2.16. The molecule has 3 rings (SSSR count). The number of thioether (sulfide) groups is 1. The van der Waals surface area contributed by atoms with E-state index in [0.29, 0.717) is 22.7 Å². The molecule has 0 aliphatic carbocycles. The number of nitrogens with zero attached hydrogens (tertiary/aromatic N) is 4. The summed E-state index contributed by atoms with van der Waals surface area (Å²) < 4.78 is 7.51. The maximum atomic E-state index is 10.4. The molecule has 0 bridgehead atoms. The summed E-state index contributed by atoms with van der Waals surface area (Å²) in [5.74, 6) is 2.28. The Morgan fingerprint density at radius 3 is 2.88 bits per heavy atom. The number of nitrogens with two attached hydrogens (primary N) is 1. The van der Waals surface area contributed by atoms with Gasteiger partial charge in [-0.3, -0.25) is 4.57 Å². The standard InChI is InChI=1S/C16H23N5O3S/c1-8(2)4-5-25-6-10-12(22)13(23)16(24-10)21-7-18-11-14(17)19-9(3)20-15(11)21/h7,10,12-13,16,22-23H,1,4-6H2,2-3H3,(H2,17,19,20)/t10-,12-,13-,16-/m1/s1. The number of nitrogen functional groups attached to an aromatic ring is 1. The molecule has 1 fully saturated rings. The zero-order valence-corrected chi connectivity index (χ0v) is 15.1. The molecule has 2 aromatic heterocycles. The summed E-state index contributed by atoms with van der Waals surface area (Å²) >= 11 is 1.66. The molecule has 0 amide bonds. The number of imidazole rings is 1. The van der Waals surface area contributed by atoms with Crippen molar-refractivity contribution in [2.45, 2.75) is 44.8 Å². The average Bonchev–Trinajstić information content (AvgIpc) is 3.07. The molecular weight excluding hydrogens is 342 g/mol. The molecule has 0 spiro atoms. The van der Waals surface area contributed by atoms with Crippen molar-refractivity contribution in [2.75, 3.05) is 17.2 Å². The molecule has 0 radical (unpaired) electrons. The van der Waals surface area contributed by atoms with Crippen LogP contribution in [0.2, 0.25) is 0 Å². The molecule has 4 atom stereocenters. The molecule has 0 saturated carbocycles. The summed E-state index contributed by atoms with van der Waals surface area (Å²) in [5.41, 5.74) is 7.93. The van der Waals surface area contributed by atoms with Crippen molar-refractivity contribution in [1.82, 2.24) is 19.5 Å². The number of anilines is 1. The number of fused-ring (bicyclic) bond motifs is 1. The van der Waals surface area contributed by atoms with Crippen LogP contribution in [0.4, 0.5) is 5.82 Å². The zero-order valence-electron chi connectivity index (χ0n) is 14.3. The van der Waals surface area contributed by atoms with Gasteiger partial charge in [0.2, 0.25) is 0 Å². The van der Waals surface area contributed by atoms with Crippen LogP contribution in [0.3, 0.4) is 0 Å². The zero-order chi connectivity index (χ0) is 18.1. The van der Waals surface area contributed by atoms with E-state index in [1.54, 1.807) is 23.3 Å². The second-order valence-corrected chi connectivity index (χ2v) is 7.46. The number of allylic oxidation sites excluding steroid dienone is 1. The Morgan fingerprint density at radius 1 is 1.40 bits per heavy atom. The molecule has 25 heavy (non-hydrogen) atoms. The largest absolute Gasteiger partial charge is 0.387 e. The number of aromatic nitrogens is 4. The lowest BCUT2D eigenvalue weighted by Crippen LogP contribution is -2.32. The van der Waals surface area contributed by atoms with Gasteiger partial charge in [-0.15, -0.1) is 6.58 Å². The highest BCUT2D eigenvalue weighted by Crippen LogP contribution is 2.33. The number of hydrogen-bond acceptors (Lipinski definition) is 8. The van der Waals surface area contributed by atoms with Crippen LogP contribution in [0.15, 0.2) is 18.5 Å². The van der Waals surface area contributed by atoms with Gasteiger partial charge in [-0.25, -0.2) is 15.0 Å². The third kappa shape index (κ3) is 3.64. The normalized spacial score (nSPS) is 26.4. The van der Waals surface area contributed by atoms with Gasteiger partial charge in [0.15, 0.2) is 17.7 Å². The first kappa shape index (κ1) is 18.1. The predicted octanol–water partition coefficient (Wildman–Crippen LogP) is 1.04. The fourth-order valence-electron chi connectivity index (χ4n) is 2.78. The number of hydrogen-bond donors (Lipinski definition) is 3. The fraction of sp³-hybridized carbons (Fsp3) is 0.562. The van der Waals surface area contributed by atoms with Crippen molar-refractivity contribution in [1.29, 1.82) is 0 Å². The number of aryl methyl sites for hydroxylation is 1. The van der Waals surface area contributed by atoms with E-state index in [4.69, 9.17) is 10.5 Å². The topological polar surface area (TPSA) is 119 Å². The number of rotatable bonds is 6. The minimum absolute atomic E-state index is 0.279. The van der Waals surface area contributed by atoms with Crippen molar-refractivity contribution in [2.24, 2.45) is 0 Å². The molecule has 9 heteroatoms. The van der Waals surface area contributed by atoms with Crippen LogP contribution in [0.25, 0.3) is 11.2 Å². The third-order valence-electron chi connectivity index (χ3n) is 4.13. The van der Waals surface area contributed by atoms with Gasteiger partial charge < -0.3 is 20.7 Å². The second kappa shape index (κ2) is 7.28. The number of aliphatic hydroxyl groups excluding tert-OH is 2. The lowest BCUT2D eigenvalue weighted by atomic mass is 10.1. The maximum Gasteiger partial charge on any atom is 0.167 e. The minimum atomic E-state index is -1.07. The van der Waals surface area contributed by atoms with E-state index in [-0.39, 0.29) is 5.82 Å². The van der Waals surface area contributed by atoms with Gasteiger partial charge in [-0.2, -0.15) is 11.8 Å². The van der Waals surface area contributed by atoms with Crippen molar-refractivity contribution >= 4 is 28.7 Å². The summed E-state index contributed by atoms with van der Waals surface area (Å²) in [6.07, 6.45) is -0.845. The van der Waals surface area contributed by atoms with Crippen molar-refractivity contribution in [3.63, 3.8) is 0 Å². The SMILES string of the molecule is C=C(C)CCSC[C@H]1O[C@@H](n2cnc3c(N)nc(C)nc32)[C@H](O)[C@@H]1O. The lowest BCUT2D eigenvalue weighted by molar-refractivity contribution is -0.0289. The van der Waals surface area contributed by atoms with Crippen molar-refractivity contribution in [3.05, 3.63) is 24.3 Å². The first-order chi connectivity index (χ1) is 11.9. The number of aliphatic hydroxyl groups is 2. The number of ether oxygens (including phenoxy) is 1. The quantitative estimate of drug-likeness (QED) is 0.513. The summed E-state index contributed by atoms with van der Waals surface area (Å²) in [5, 5.41) is 20.7. The van der Waals surface area contributed by atoms with Crippen LogP contribution < -0.4 is 5.73 Å². The molecule has 1 aliphatic rings.